The van der Waals surface area contributed by atoms with Crippen molar-refractivity contribution >= 4 is 16.8 Å². The topological polar surface area (TPSA) is 54.4 Å². The molecule has 1 aromatic carbocycles. The van der Waals surface area contributed by atoms with Crippen LogP contribution < -0.4 is 0 Å². The highest BCUT2D eigenvalue weighted by Crippen LogP contribution is 2.16. The fourth-order valence-corrected chi connectivity index (χ4v) is 2.40. The van der Waals surface area contributed by atoms with Crippen molar-refractivity contribution in [3.63, 3.8) is 0 Å². The van der Waals surface area contributed by atoms with Gasteiger partial charge in [0.05, 0.1) is 0 Å². The van der Waals surface area contributed by atoms with Crippen molar-refractivity contribution in [1.82, 2.24) is 0 Å². The molecular formula is C13H18O3S. The molecule has 4 heteroatoms. The summed E-state index contributed by atoms with van der Waals surface area (Å²) in [5, 5.41) is 7.93. The molecule has 3 nitrogen and oxygen atoms in total. The Hall–Kier alpha value is -1.16. The lowest BCUT2D eigenvalue weighted by Gasteiger charge is -2.08. The highest BCUT2D eigenvalue weighted by atomic mass is 32.2. The first-order chi connectivity index (χ1) is 7.91. The summed E-state index contributed by atoms with van der Waals surface area (Å²) in [6.45, 7) is 5.69. The second kappa shape index (κ2) is 5.96. The maximum Gasteiger partial charge on any atom is 0.318 e. The molecule has 2 unspecified atom stereocenters. The second-order valence-corrected chi connectivity index (χ2v) is 6.16. The van der Waals surface area contributed by atoms with Crippen LogP contribution in [-0.2, 0) is 21.3 Å². The summed E-state index contributed by atoms with van der Waals surface area (Å²) in [5.41, 5.74) is 2.15. The number of carbonyl (C=O) groups is 1. The monoisotopic (exact) mass is 254 g/mol. The molecule has 1 aromatic rings. The van der Waals surface area contributed by atoms with E-state index in [0.29, 0.717) is 11.7 Å². The molecule has 0 radical (unpaired) electrons. The fourth-order valence-electron chi connectivity index (χ4n) is 1.40. The number of hydrogen-bond acceptors (Lipinski definition) is 2. The summed E-state index contributed by atoms with van der Waals surface area (Å²) < 4.78 is 11.7. The number of carboxylic acids is 1. The van der Waals surface area contributed by atoms with Crippen LogP contribution in [0.2, 0.25) is 0 Å². The molecule has 0 saturated heterocycles. The third-order valence-electron chi connectivity index (χ3n) is 2.70. The van der Waals surface area contributed by atoms with Crippen LogP contribution >= 0.6 is 0 Å². The molecule has 2 atom stereocenters. The number of benzene rings is 1. The van der Waals surface area contributed by atoms with Gasteiger partial charge in [0.15, 0.2) is 0 Å². The van der Waals surface area contributed by atoms with Crippen LogP contribution in [-0.4, -0.2) is 20.5 Å². The first-order valence-electron chi connectivity index (χ1n) is 5.60. The molecule has 0 spiro atoms. The zero-order valence-electron chi connectivity index (χ0n) is 10.3. The Labute approximate surface area is 104 Å². The van der Waals surface area contributed by atoms with E-state index in [1.54, 1.807) is 0 Å². The Bertz CT molecular complexity index is 409. The van der Waals surface area contributed by atoms with Gasteiger partial charge in [-0.15, -0.1) is 0 Å². The maximum atomic E-state index is 11.7. The van der Waals surface area contributed by atoms with Crippen molar-refractivity contribution in [2.75, 3.05) is 0 Å². The third kappa shape index (κ3) is 3.97. The Morgan fingerprint density at radius 3 is 2.18 bits per heavy atom. The molecule has 1 rings (SSSR count). The summed E-state index contributed by atoms with van der Waals surface area (Å²) in [6, 6.07) is 7.84. The molecule has 0 aliphatic rings. The van der Waals surface area contributed by atoms with Gasteiger partial charge in [-0.05, 0) is 24.0 Å². The van der Waals surface area contributed by atoms with E-state index < -0.39 is 22.0 Å². The van der Waals surface area contributed by atoms with Gasteiger partial charge in [-0.3, -0.25) is 9.00 Å². The minimum Gasteiger partial charge on any atom is -0.480 e. The predicted octanol–water partition coefficient (Wildman–Crippen LogP) is 2.53. The number of rotatable bonds is 5. The highest BCUT2D eigenvalue weighted by Gasteiger charge is 2.18. The largest absolute Gasteiger partial charge is 0.480 e. The van der Waals surface area contributed by atoms with E-state index in [-0.39, 0.29) is 0 Å². The normalized spacial score (nSPS) is 14.6. The van der Waals surface area contributed by atoms with E-state index in [0.717, 1.165) is 5.56 Å². The molecule has 0 aromatic heterocycles. The second-order valence-electron chi connectivity index (χ2n) is 4.40. The van der Waals surface area contributed by atoms with Crippen LogP contribution in [0.4, 0.5) is 0 Å². The Balaban J connectivity index is 2.70. The Morgan fingerprint density at radius 1 is 1.24 bits per heavy atom. The molecule has 1 N–H and O–H groups in total. The van der Waals surface area contributed by atoms with Gasteiger partial charge in [0.2, 0.25) is 0 Å². The molecule has 0 bridgehead atoms. The molecule has 0 saturated carbocycles. The summed E-state index contributed by atoms with van der Waals surface area (Å²) in [7, 11) is -1.36. The van der Waals surface area contributed by atoms with Crippen molar-refractivity contribution in [2.45, 2.75) is 37.7 Å². The van der Waals surface area contributed by atoms with Crippen molar-refractivity contribution < 1.29 is 14.1 Å². The third-order valence-corrected chi connectivity index (χ3v) is 4.31. The lowest BCUT2D eigenvalue weighted by atomic mass is 10.0. The smallest absolute Gasteiger partial charge is 0.318 e. The van der Waals surface area contributed by atoms with E-state index in [1.165, 1.54) is 12.5 Å². The van der Waals surface area contributed by atoms with Crippen LogP contribution in [0.5, 0.6) is 0 Å². The van der Waals surface area contributed by atoms with Crippen molar-refractivity contribution in [1.29, 1.82) is 0 Å². The molecule has 0 fully saturated rings. The van der Waals surface area contributed by atoms with Crippen molar-refractivity contribution in [2.24, 2.45) is 0 Å². The van der Waals surface area contributed by atoms with Crippen LogP contribution in [0.15, 0.2) is 24.3 Å². The van der Waals surface area contributed by atoms with Gasteiger partial charge in [-0.1, -0.05) is 38.1 Å². The minimum absolute atomic E-state index is 0.297. The van der Waals surface area contributed by atoms with Gasteiger partial charge in [0.25, 0.3) is 0 Å². The SMILES string of the molecule is CC(C)c1ccc(CS(=O)C(C)C(=O)O)cc1. The average Bonchev–Trinajstić information content (AvgIpc) is 2.28. The first-order valence-corrected chi connectivity index (χ1v) is 6.99. The molecular weight excluding hydrogens is 236 g/mol. The van der Waals surface area contributed by atoms with Gasteiger partial charge in [-0.25, -0.2) is 0 Å². The standard InChI is InChI=1S/C13H18O3S/c1-9(2)12-6-4-11(5-7-12)8-17(16)10(3)13(14)15/h4-7,9-10H,8H2,1-3H3,(H,14,15). The number of carboxylic acid groups (broad SMARTS) is 1. The molecule has 0 aliphatic heterocycles. The lowest BCUT2D eigenvalue weighted by Crippen LogP contribution is -2.22. The van der Waals surface area contributed by atoms with Crippen LogP contribution in [0.1, 0.15) is 37.8 Å². The van der Waals surface area contributed by atoms with Gasteiger partial charge >= 0.3 is 5.97 Å². The van der Waals surface area contributed by atoms with Crippen molar-refractivity contribution in [3.8, 4) is 0 Å². The van der Waals surface area contributed by atoms with E-state index in [9.17, 15) is 9.00 Å². The fraction of sp³-hybridized carbons (Fsp3) is 0.462. The maximum absolute atomic E-state index is 11.7. The average molecular weight is 254 g/mol. The van der Waals surface area contributed by atoms with Crippen LogP contribution in [0.3, 0.4) is 0 Å². The molecule has 0 aliphatic carbocycles. The quantitative estimate of drug-likeness (QED) is 0.878. The van der Waals surface area contributed by atoms with E-state index >= 15 is 0 Å². The molecule has 0 heterocycles. The Kier molecular flexibility index (Phi) is 4.87. The first kappa shape index (κ1) is 13.9. The molecule has 0 amide bonds. The summed E-state index contributed by atoms with van der Waals surface area (Å²) >= 11 is 0. The Morgan fingerprint density at radius 2 is 1.76 bits per heavy atom. The summed E-state index contributed by atoms with van der Waals surface area (Å²) in [4.78, 5) is 10.7. The molecule has 94 valence electrons. The summed E-state index contributed by atoms with van der Waals surface area (Å²) in [5.74, 6) is -0.249. The zero-order valence-corrected chi connectivity index (χ0v) is 11.2. The number of aliphatic carboxylic acids is 1. The van der Waals surface area contributed by atoms with E-state index in [4.69, 9.17) is 5.11 Å². The van der Waals surface area contributed by atoms with E-state index in [2.05, 4.69) is 13.8 Å². The van der Waals surface area contributed by atoms with Crippen LogP contribution in [0.25, 0.3) is 0 Å². The molecule has 17 heavy (non-hydrogen) atoms. The number of hydrogen-bond donors (Lipinski definition) is 1. The van der Waals surface area contributed by atoms with Crippen molar-refractivity contribution in [3.05, 3.63) is 35.4 Å². The summed E-state index contributed by atoms with van der Waals surface area (Å²) in [6.07, 6.45) is 0. The highest BCUT2D eigenvalue weighted by molar-refractivity contribution is 7.85. The minimum atomic E-state index is -1.36. The van der Waals surface area contributed by atoms with Crippen LogP contribution in [0, 0.1) is 0 Å². The van der Waals surface area contributed by atoms with Gasteiger partial charge in [0, 0.05) is 16.6 Å². The van der Waals surface area contributed by atoms with E-state index in [1.807, 2.05) is 24.3 Å². The lowest BCUT2D eigenvalue weighted by molar-refractivity contribution is -0.136. The zero-order chi connectivity index (χ0) is 13.0. The predicted molar refractivity (Wildman–Crippen MR) is 69.5 cm³/mol. The van der Waals surface area contributed by atoms with Gasteiger partial charge in [0.1, 0.15) is 5.25 Å². The van der Waals surface area contributed by atoms with Gasteiger partial charge in [-0.2, -0.15) is 0 Å². The van der Waals surface area contributed by atoms with Gasteiger partial charge < -0.3 is 5.11 Å².